The number of benzene rings is 1. The Kier molecular flexibility index (Phi) is 7.66. The number of thiophene rings is 1. The fourth-order valence-corrected chi connectivity index (χ4v) is 4.82. The summed E-state index contributed by atoms with van der Waals surface area (Å²) in [4.78, 5) is 13.6. The molecule has 166 valence electrons. The van der Waals surface area contributed by atoms with Crippen LogP contribution >= 0.6 is 34.7 Å². The standard InChI is InChI=1S/C20H20ClF3N4OS2/c1-3-5-14-8-12(10-30-14)18-26-27-19(28(18)4-2)31-11-17(29)25-16-9-13(20(22,23)24)6-7-15(16)21/h6-10H,3-5,11H2,1-2H3,(H,25,29). The van der Waals surface area contributed by atoms with Crippen molar-refractivity contribution < 1.29 is 18.0 Å². The number of alkyl halides is 3. The molecule has 0 saturated heterocycles. The van der Waals surface area contributed by atoms with Crippen molar-refractivity contribution >= 4 is 46.3 Å². The average molecular weight is 489 g/mol. The van der Waals surface area contributed by atoms with Gasteiger partial charge < -0.3 is 9.88 Å². The summed E-state index contributed by atoms with van der Waals surface area (Å²) in [6.07, 6.45) is -2.46. The number of nitrogens with one attached hydrogen (secondary N) is 1. The number of carbonyl (C=O) groups excluding carboxylic acids is 1. The Labute approximate surface area is 191 Å². The van der Waals surface area contributed by atoms with E-state index in [1.54, 1.807) is 11.3 Å². The largest absolute Gasteiger partial charge is 0.416 e. The van der Waals surface area contributed by atoms with Gasteiger partial charge in [-0.3, -0.25) is 4.79 Å². The predicted octanol–water partition coefficient (Wildman–Crippen LogP) is 6.38. The molecule has 0 aliphatic heterocycles. The summed E-state index contributed by atoms with van der Waals surface area (Å²) in [5, 5.41) is 13.5. The highest BCUT2D eigenvalue weighted by molar-refractivity contribution is 7.99. The summed E-state index contributed by atoms with van der Waals surface area (Å²) in [5.74, 6) is 0.194. The first-order valence-corrected chi connectivity index (χ1v) is 11.8. The van der Waals surface area contributed by atoms with Crippen LogP contribution in [0, 0.1) is 0 Å². The van der Waals surface area contributed by atoms with Gasteiger partial charge in [0, 0.05) is 22.4 Å². The van der Waals surface area contributed by atoms with Gasteiger partial charge in [0.1, 0.15) is 0 Å². The van der Waals surface area contributed by atoms with E-state index in [4.69, 9.17) is 11.6 Å². The Balaban J connectivity index is 1.69. The van der Waals surface area contributed by atoms with Crippen LogP contribution in [-0.4, -0.2) is 26.4 Å². The van der Waals surface area contributed by atoms with Gasteiger partial charge in [-0.25, -0.2) is 0 Å². The molecule has 0 bridgehead atoms. The number of aromatic nitrogens is 3. The van der Waals surface area contributed by atoms with E-state index in [2.05, 4.69) is 28.5 Å². The molecule has 31 heavy (non-hydrogen) atoms. The lowest BCUT2D eigenvalue weighted by atomic mass is 10.2. The Morgan fingerprint density at radius 1 is 1.26 bits per heavy atom. The maximum atomic E-state index is 12.9. The van der Waals surface area contributed by atoms with Gasteiger partial charge in [0.15, 0.2) is 11.0 Å². The molecule has 5 nitrogen and oxygen atoms in total. The summed E-state index contributed by atoms with van der Waals surface area (Å²) in [5.41, 5.74) is 0.0183. The number of hydrogen-bond donors (Lipinski definition) is 1. The number of anilines is 1. The zero-order valence-electron chi connectivity index (χ0n) is 16.8. The number of halogens is 4. The first kappa shape index (κ1) is 23.6. The molecule has 0 radical (unpaired) electrons. The van der Waals surface area contributed by atoms with E-state index in [1.165, 1.54) is 4.88 Å². The lowest BCUT2D eigenvalue weighted by molar-refractivity contribution is -0.137. The summed E-state index contributed by atoms with van der Waals surface area (Å²) in [6.45, 7) is 4.70. The predicted molar refractivity (Wildman–Crippen MR) is 119 cm³/mol. The molecule has 2 heterocycles. The average Bonchev–Trinajstić information content (AvgIpc) is 3.33. The van der Waals surface area contributed by atoms with Crippen LogP contribution in [0.2, 0.25) is 5.02 Å². The van der Waals surface area contributed by atoms with Gasteiger partial charge in [0.05, 0.1) is 22.0 Å². The number of carbonyl (C=O) groups is 1. The third-order valence-electron chi connectivity index (χ3n) is 4.34. The third-order valence-corrected chi connectivity index (χ3v) is 6.63. The number of amides is 1. The topological polar surface area (TPSA) is 59.8 Å². The highest BCUT2D eigenvalue weighted by Gasteiger charge is 2.31. The lowest BCUT2D eigenvalue weighted by Gasteiger charge is -2.11. The van der Waals surface area contributed by atoms with E-state index in [1.807, 2.05) is 16.9 Å². The minimum atomic E-state index is -4.52. The zero-order chi connectivity index (χ0) is 22.6. The van der Waals surface area contributed by atoms with Crippen LogP contribution in [0.3, 0.4) is 0 Å². The van der Waals surface area contributed by atoms with E-state index < -0.39 is 17.6 Å². The zero-order valence-corrected chi connectivity index (χ0v) is 19.2. The van der Waals surface area contributed by atoms with Gasteiger partial charge >= 0.3 is 6.18 Å². The third kappa shape index (κ3) is 5.81. The fraction of sp³-hybridized carbons (Fsp3) is 0.350. The molecular weight excluding hydrogens is 469 g/mol. The molecular formula is C20H20ClF3N4OS2. The lowest BCUT2D eigenvalue weighted by Crippen LogP contribution is -2.16. The second-order valence-corrected chi connectivity index (χ2v) is 8.98. The molecule has 1 aromatic carbocycles. The minimum Gasteiger partial charge on any atom is -0.324 e. The molecule has 0 spiro atoms. The Morgan fingerprint density at radius 3 is 2.71 bits per heavy atom. The molecule has 3 rings (SSSR count). The number of nitrogens with zero attached hydrogens (tertiary/aromatic N) is 3. The summed E-state index contributed by atoms with van der Waals surface area (Å²) in [6, 6.07) is 4.90. The normalized spacial score (nSPS) is 11.7. The van der Waals surface area contributed by atoms with Crippen molar-refractivity contribution in [3.63, 3.8) is 0 Å². The van der Waals surface area contributed by atoms with Crippen molar-refractivity contribution in [2.75, 3.05) is 11.1 Å². The summed E-state index contributed by atoms with van der Waals surface area (Å²) in [7, 11) is 0. The molecule has 0 fully saturated rings. The SMILES string of the molecule is CCCc1cc(-c2nnc(SCC(=O)Nc3cc(C(F)(F)F)ccc3Cl)n2CC)cs1. The van der Waals surface area contributed by atoms with Crippen LogP contribution in [0.1, 0.15) is 30.7 Å². The molecule has 0 aliphatic carbocycles. The molecule has 0 saturated carbocycles. The maximum absolute atomic E-state index is 12.9. The number of thioether (sulfide) groups is 1. The van der Waals surface area contributed by atoms with Crippen molar-refractivity contribution in [1.29, 1.82) is 0 Å². The van der Waals surface area contributed by atoms with E-state index in [-0.39, 0.29) is 16.5 Å². The van der Waals surface area contributed by atoms with Gasteiger partial charge in [-0.2, -0.15) is 13.2 Å². The Morgan fingerprint density at radius 2 is 2.03 bits per heavy atom. The van der Waals surface area contributed by atoms with Gasteiger partial charge in [0.2, 0.25) is 5.91 Å². The highest BCUT2D eigenvalue weighted by Crippen LogP contribution is 2.34. The van der Waals surface area contributed by atoms with Crippen LogP contribution < -0.4 is 5.32 Å². The van der Waals surface area contributed by atoms with Crippen LogP contribution in [-0.2, 0) is 23.9 Å². The van der Waals surface area contributed by atoms with Crippen molar-refractivity contribution in [1.82, 2.24) is 14.8 Å². The maximum Gasteiger partial charge on any atom is 0.416 e. The summed E-state index contributed by atoms with van der Waals surface area (Å²) < 4.78 is 40.6. The Bertz CT molecular complexity index is 1070. The molecule has 0 unspecified atom stereocenters. The monoisotopic (exact) mass is 488 g/mol. The summed E-state index contributed by atoms with van der Waals surface area (Å²) >= 11 is 8.78. The van der Waals surface area contributed by atoms with Crippen molar-refractivity contribution in [2.45, 2.75) is 44.6 Å². The fourth-order valence-electron chi connectivity index (χ4n) is 2.88. The van der Waals surface area contributed by atoms with Gasteiger partial charge in [-0.1, -0.05) is 36.7 Å². The van der Waals surface area contributed by atoms with Gasteiger partial charge in [-0.15, -0.1) is 21.5 Å². The highest BCUT2D eigenvalue weighted by atomic mass is 35.5. The van der Waals surface area contributed by atoms with Crippen molar-refractivity contribution in [3.05, 3.63) is 45.1 Å². The molecule has 0 aliphatic rings. The number of hydrogen-bond acceptors (Lipinski definition) is 5. The second-order valence-electron chi connectivity index (χ2n) is 6.63. The second kappa shape index (κ2) is 10.1. The molecule has 0 atom stereocenters. The molecule has 1 amide bonds. The molecule has 2 aromatic heterocycles. The molecule has 3 aromatic rings. The van der Waals surface area contributed by atoms with Gasteiger partial charge in [-0.05, 0) is 37.6 Å². The van der Waals surface area contributed by atoms with Crippen molar-refractivity contribution in [2.24, 2.45) is 0 Å². The van der Waals surface area contributed by atoms with E-state index >= 15 is 0 Å². The number of aryl methyl sites for hydroxylation is 1. The van der Waals surface area contributed by atoms with Crippen LogP contribution in [0.15, 0.2) is 34.8 Å². The van der Waals surface area contributed by atoms with E-state index in [9.17, 15) is 18.0 Å². The van der Waals surface area contributed by atoms with E-state index in [0.717, 1.165) is 54.2 Å². The van der Waals surface area contributed by atoms with Gasteiger partial charge in [0.25, 0.3) is 0 Å². The number of rotatable bonds is 8. The molecule has 11 heteroatoms. The Hall–Kier alpha value is -2.04. The van der Waals surface area contributed by atoms with Crippen LogP contribution in [0.5, 0.6) is 0 Å². The van der Waals surface area contributed by atoms with Crippen LogP contribution in [0.4, 0.5) is 18.9 Å². The van der Waals surface area contributed by atoms with E-state index in [0.29, 0.717) is 11.7 Å². The minimum absolute atomic E-state index is 0.0331. The quantitative estimate of drug-likeness (QED) is 0.374. The first-order chi connectivity index (χ1) is 14.7. The first-order valence-electron chi connectivity index (χ1n) is 9.53. The molecule has 1 N–H and O–H groups in total. The smallest absolute Gasteiger partial charge is 0.324 e. The van der Waals surface area contributed by atoms with Crippen LogP contribution in [0.25, 0.3) is 11.4 Å². The van der Waals surface area contributed by atoms with Crippen molar-refractivity contribution in [3.8, 4) is 11.4 Å².